The topological polar surface area (TPSA) is 80.0 Å². The number of nitrogens with one attached hydrogen (secondary N) is 1. The molecule has 6 heteroatoms. The van der Waals surface area contributed by atoms with Crippen molar-refractivity contribution >= 4 is 11.9 Å². The lowest BCUT2D eigenvalue weighted by Crippen LogP contribution is -2.39. The van der Waals surface area contributed by atoms with Crippen molar-refractivity contribution in [3.63, 3.8) is 0 Å². The second-order valence-corrected chi connectivity index (χ2v) is 6.56. The maximum Gasteiger partial charge on any atom is 0.244 e. The van der Waals surface area contributed by atoms with Crippen LogP contribution in [0.4, 0.5) is 0 Å². The van der Waals surface area contributed by atoms with Gasteiger partial charge in [-0.2, -0.15) is 0 Å². The molecule has 0 spiro atoms. The molecular formula is C21H26N4O2. The lowest BCUT2D eigenvalue weighted by atomic mass is 10.00. The van der Waals surface area contributed by atoms with Crippen LogP contribution < -0.4 is 15.8 Å². The Labute approximate surface area is 160 Å². The predicted molar refractivity (Wildman–Crippen MR) is 107 cm³/mol. The summed E-state index contributed by atoms with van der Waals surface area (Å²) in [6.07, 6.45) is 1.71. The van der Waals surface area contributed by atoms with Gasteiger partial charge in [0.2, 0.25) is 5.91 Å². The molecule has 0 saturated carbocycles. The minimum atomic E-state index is 0.00408. The largest absolute Gasteiger partial charge is 0.497 e. The van der Waals surface area contributed by atoms with Crippen molar-refractivity contribution in [1.29, 1.82) is 0 Å². The molecule has 1 aliphatic heterocycles. The van der Waals surface area contributed by atoms with Crippen LogP contribution >= 0.6 is 0 Å². The number of benzene rings is 2. The fourth-order valence-corrected chi connectivity index (χ4v) is 3.14. The van der Waals surface area contributed by atoms with E-state index in [1.165, 1.54) is 16.7 Å². The number of hydrogen-bond donors (Lipinski definition) is 2. The van der Waals surface area contributed by atoms with Crippen LogP contribution in [0.5, 0.6) is 5.75 Å². The predicted octanol–water partition coefficient (Wildman–Crippen LogP) is 1.73. The van der Waals surface area contributed by atoms with Gasteiger partial charge in [-0.05, 0) is 41.7 Å². The third kappa shape index (κ3) is 5.23. The highest BCUT2D eigenvalue weighted by Gasteiger charge is 2.19. The Hall–Kier alpha value is -3.02. The highest BCUT2D eigenvalue weighted by molar-refractivity contribution is 5.84. The normalized spacial score (nSPS) is 13.8. The van der Waals surface area contributed by atoms with E-state index in [0.717, 1.165) is 25.1 Å². The fourth-order valence-electron chi connectivity index (χ4n) is 3.14. The third-order valence-corrected chi connectivity index (χ3v) is 4.75. The van der Waals surface area contributed by atoms with Crippen LogP contribution in [0.3, 0.4) is 0 Å². The summed E-state index contributed by atoms with van der Waals surface area (Å²) in [5.74, 6) is 1.14. The lowest BCUT2D eigenvalue weighted by molar-refractivity contribution is -0.130. The molecule has 0 bridgehead atoms. The Kier molecular flexibility index (Phi) is 6.30. The number of guanidine groups is 1. The highest BCUT2D eigenvalue weighted by Crippen LogP contribution is 2.18. The van der Waals surface area contributed by atoms with E-state index in [0.29, 0.717) is 19.0 Å². The van der Waals surface area contributed by atoms with Crippen LogP contribution in [0.2, 0.25) is 0 Å². The Morgan fingerprint density at radius 3 is 2.67 bits per heavy atom. The van der Waals surface area contributed by atoms with E-state index in [9.17, 15) is 4.79 Å². The number of carbonyl (C=O) groups excluding carboxylic acids is 1. The first kappa shape index (κ1) is 18.8. The molecule has 3 N–H and O–H groups in total. The Morgan fingerprint density at radius 2 is 1.93 bits per heavy atom. The second kappa shape index (κ2) is 9.07. The highest BCUT2D eigenvalue weighted by atomic mass is 16.5. The van der Waals surface area contributed by atoms with Crippen molar-refractivity contribution < 1.29 is 9.53 Å². The molecule has 0 saturated heterocycles. The van der Waals surface area contributed by atoms with Crippen LogP contribution in [0.1, 0.15) is 16.7 Å². The van der Waals surface area contributed by atoms with E-state index in [1.807, 2.05) is 41.3 Å². The maximum atomic E-state index is 12.4. The average Bonchev–Trinajstić information content (AvgIpc) is 2.72. The number of rotatable bonds is 6. The molecule has 0 atom stereocenters. The SMILES string of the molecule is COc1ccc(CCNC(N)=NCC(=O)N2CCc3ccccc3C2)cc1. The van der Waals surface area contributed by atoms with E-state index < -0.39 is 0 Å². The number of hydrogen-bond acceptors (Lipinski definition) is 3. The summed E-state index contributed by atoms with van der Waals surface area (Å²) in [4.78, 5) is 18.4. The van der Waals surface area contributed by atoms with Gasteiger partial charge in [0.25, 0.3) is 0 Å². The van der Waals surface area contributed by atoms with Crippen molar-refractivity contribution in [2.24, 2.45) is 10.7 Å². The summed E-state index contributed by atoms with van der Waals surface area (Å²) in [5.41, 5.74) is 9.60. The van der Waals surface area contributed by atoms with Crippen molar-refractivity contribution in [1.82, 2.24) is 10.2 Å². The summed E-state index contributed by atoms with van der Waals surface area (Å²) in [7, 11) is 1.65. The zero-order valence-corrected chi connectivity index (χ0v) is 15.6. The maximum absolute atomic E-state index is 12.4. The number of nitrogens with zero attached hydrogens (tertiary/aromatic N) is 2. The van der Waals surface area contributed by atoms with E-state index in [4.69, 9.17) is 10.5 Å². The molecule has 0 radical (unpaired) electrons. The molecule has 0 fully saturated rings. The second-order valence-electron chi connectivity index (χ2n) is 6.56. The number of fused-ring (bicyclic) bond motifs is 1. The summed E-state index contributed by atoms with van der Waals surface area (Å²) in [6, 6.07) is 16.2. The first-order valence-corrected chi connectivity index (χ1v) is 9.17. The van der Waals surface area contributed by atoms with Gasteiger partial charge in [0.15, 0.2) is 5.96 Å². The van der Waals surface area contributed by atoms with Crippen LogP contribution in [0.15, 0.2) is 53.5 Å². The quantitative estimate of drug-likeness (QED) is 0.603. The van der Waals surface area contributed by atoms with Gasteiger partial charge in [-0.1, -0.05) is 36.4 Å². The summed E-state index contributed by atoms with van der Waals surface area (Å²) in [5, 5.41) is 3.06. The Balaban J connectivity index is 1.42. The van der Waals surface area contributed by atoms with E-state index >= 15 is 0 Å². The van der Waals surface area contributed by atoms with Crippen LogP contribution in [-0.2, 0) is 24.2 Å². The molecule has 0 unspecified atom stereocenters. The van der Waals surface area contributed by atoms with E-state index in [1.54, 1.807) is 7.11 Å². The van der Waals surface area contributed by atoms with Gasteiger partial charge in [0.1, 0.15) is 12.3 Å². The zero-order chi connectivity index (χ0) is 19.1. The first-order chi connectivity index (χ1) is 13.2. The summed E-state index contributed by atoms with van der Waals surface area (Å²) < 4.78 is 5.15. The van der Waals surface area contributed by atoms with Gasteiger partial charge in [-0.3, -0.25) is 4.79 Å². The minimum Gasteiger partial charge on any atom is -0.497 e. The third-order valence-electron chi connectivity index (χ3n) is 4.75. The molecule has 27 heavy (non-hydrogen) atoms. The summed E-state index contributed by atoms with van der Waals surface area (Å²) >= 11 is 0. The number of methoxy groups -OCH3 is 1. The van der Waals surface area contributed by atoms with Crippen molar-refractivity contribution in [2.75, 3.05) is 26.7 Å². The summed E-state index contributed by atoms with van der Waals surface area (Å²) in [6.45, 7) is 2.11. The Bertz CT molecular complexity index is 802. The van der Waals surface area contributed by atoms with Crippen molar-refractivity contribution in [3.05, 3.63) is 65.2 Å². The standard InChI is InChI=1S/C21H26N4O2/c1-27-19-8-6-16(7-9-19)10-12-23-21(22)24-14-20(26)25-13-11-17-4-2-3-5-18(17)15-25/h2-9H,10-15H2,1H3,(H3,22,23,24). The average molecular weight is 366 g/mol. The number of amides is 1. The molecule has 2 aromatic carbocycles. The molecule has 142 valence electrons. The molecule has 0 aromatic heterocycles. The molecule has 1 heterocycles. The number of carbonyl (C=O) groups is 1. The molecule has 2 aromatic rings. The minimum absolute atomic E-state index is 0.00408. The molecule has 3 rings (SSSR count). The van der Waals surface area contributed by atoms with Gasteiger partial charge in [0.05, 0.1) is 7.11 Å². The zero-order valence-electron chi connectivity index (χ0n) is 15.6. The molecular weight excluding hydrogens is 340 g/mol. The van der Waals surface area contributed by atoms with Gasteiger partial charge in [-0.15, -0.1) is 0 Å². The van der Waals surface area contributed by atoms with Crippen LogP contribution in [0.25, 0.3) is 0 Å². The van der Waals surface area contributed by atoms with E-state index in [-0.39, 0.29) is 12.5 Å². The number of ether oxygens (including phenoxy) is 1. The number of aliphatic imine (C=N–C) groups is 1. The van der Waals surface area contributed by atoms with Crippen molar-refractivity contribution in [2.45, 2.75) is 19.4 Å². The monoisotopic (exact) mass is 366 g/mol. The number of nitrogens with two attached hydrogens (primary N) is 1. The van der Waals surface area contributed by atoms with Crippen molar-refractivity contribution in [3.8, 4) is 5.75 Å². The molecule has 6 nitrogen and oxygen atoms in total. The van der Waals surface area contributed by atoms with E-state index in [2.05, 4.69) is 22.4 Å². The molecule has 1 amide bonds. The lowest BCUT2D eigenvalue weighted by Gasteiger charge is -2.28. The van der Waals surface area contributed by atoms with Gasteiger partial charge >= 0.3 is 0 Å². The first-order valence-electron chi connectivity index (χ1n) is 9.17. The van der Waals surface area contributed by atoms with Gasteiger partial charge in [-0.25, -0.2) is 4.99 Å². The van der Waals surface area contributed by atoms with Crippen LogP contribution in [0, 0.1) is 0 Å². The van der Waals surface area contributed by atoms with Gasteiger partial charge in [0, 0.05) is 19.6 Å². The smallest absolute Gasteiger partial charge is 0.244 e. The fraction of sp³-hybridized carbons (Fsp3) is 0.333. The Morgan fingerprint density at radius 1 is 1.19 bits per heavy atom. The molecule has 1 aliphatic rings. The van der Waals surface area contributed by atoms with Crippen LogP contribution in [-0.4, -0.2) is 43.5 Å². The molecule has 0 aliphatic carbocycles. The van der Waals surface area contributed by atoms with Gasteiger partial charge < -0.3 is 20.7 Å².